The molecule has 5 nitrogen and oxygen atoms in total. The number of phenolic OH excluding ortho intramolecular Hbond substituents is 2. The van der Waals surface area contributed by atoms with Crippen molar-refractivity contribution in [2.24, 2.45) is 0 Å². The van der Waals surface area contributed by atoms with Crippen molar-refractivity contribution in [3.05, 3.63) is 91.4 Å². The van der Waals surface area contributed by atoms with E-state index in [1.54, 1.807) is 0 Å². The summed E-state index contributed by atoms with van der Waals surface area (Å²) in [6, 6.07) is 11.6. The molecule has 0 heterocycles. The maximum absolute atomic E-state index is 13.0. The van der Waals surface area contributed by atoms with E-state index in [1.807, 2.05) is 0 Å². The van der Waals surface area contributed by atoms with Gasteiger partial charge >= 0.3 is 0 Å². The average molecular weight is 494 g/mol. The predicted molar refractivity (Wildman–Crippen MR) is 114 cm³/mol. The molecule has 0 saturated heterocycles. The van der Waals surface area contributed by atoms with E-state index in [9.17, 15) is 23.2 Å². The van der Waals surface area contributed by atoms with Crippen LogP contribution in [0.2, 0.25) is 20.1 Å². The van der Waals surface area contributed by atoms with Gasteiger partial charge in [0.1, 0.15) is 11.5 Å². The molecule has 3 aromatic carbocycles. The Balaban J connectivity index is 2.63. The van der Waals surface area contributed by atoms with Crippen LogP contribution in [0.4, 0.5) is 0 Å². The Bertz CT molecular complexity index is 1210. The van der Waals surface area contributed by atoms with Gasteiger partial charge in [-0.2, -0.15) is 8.42 Å². The summed E-state index contributed by atoms with van der Waals surface area (Å²) in [5, 5.41) is 20.4. The molecule has 1 unspecified atom stereocenters. The molecule has 3 rings (SSSR count). The van der Waals surface area contributed by atoms with E-state index in [2.05, 4.69) is 0 Å². The van der Waals surface area contributed by atoms with Gasteiger partial charge in [0.2, 0.25) is 0 Å². The zero-order chi connectivity index (χ0) is 21.6. The topological polar surface area (TPSA) is 94.8 Å². The van der Waals surface area contributed by atoms with E-state index in [4.69, 9.17) is 46.4 Å². The zero-order valence-electron chi connectivity index (χ0n) is 14.3. The highest BCUT2D eigenvalue weighted by atomic mass is 35.5. The molecule has 0 aliphatic heterocycles. The molecule has 0 aliphatic rings. The average Bonchev–Trinajstić information content (AvgIpc) is 2.63. The Morgan fingerprint density at radius 3 is 1.97 bits per heavy atom. The van der Waals surface area contributed by atoms with Crippen LogP contribution in [-0.4, -0.2) is 23.2 Å². The van der Waals surface area contributed by atoms with Crippen LogP contribution in [0.3, 0.4) is 0 Å². The van der Waals surface area contributed by atoms with E-state index in [0.29, 0.717) is 0 Å². The van der Waals surface area contributed by atoms with Crippen LogP contribution in [0.1, 0.15) is 16.7 Å². The molecular formula is C19H12Cl4O5S. The molecule has 0 bridgehead atoms. The van der Waals surface area contributed by atoms with Crippen molar-refractivity contribution in [3.8, 4) is 11.5 Å². The molecule has 152 valence electrons. The van der Waals surface area contributed by atoms with Gasteiger partial charge in [-0.15, -0.1) is 0 Å². The molecule has 3 N–H and O–H groups in total. The van der Waals surface area contributed by atoms with Gasteiger partial charge in [0.25, 0.3) is 10.1 Å². The van der Waals surface area contributed by atoms with Crippen molar-refractivity contribution in [1.82, 2.24) is 0 Å². The second-order valence-electron chi connectivity index (χ2n) is 6.09. The van der Waals surface area contributed by atoms with Gasteiger partial charge in [-0.1, -0.05) is 64.6 Å². The summed E-state index contributed by atoms with van der Waals surface area (Å²) in [5.74, 6) is -0.997. The number of halogens is 4. The Morgan fingerprint density at radius 2 is 1.38 bits per heavy atom. The zero-order valence-corrected chi connectivity index (χ0v) is 18.1. The van der Waals surface area contributed by atoms with E-state index < -0.39 is 31.9 Å². The number of aromatic hydroxyl groups is 2. The van der Waals surface area contributed by atoms with Gasteiger partial charge in [-0.05, 0) is 47.5 Å². The van der Waals surface area contributed by atoms with E-state index >= 15 is 0 Å². The fourth-order valence-corrected chi connectivity index (χ4v) is 5.33. The number of rotatable bonds is 4. The Morgan fingerprint density at radius 1 is 0.759 bits per heavy atom. The third kappa shape index (κ3) is 3.65. The van der Waals surface area contributed by atoms with Gasteiger partial charge < -0.3 is 10.2 Å². The second kappa shape index (κ2) is 7.87. The van der Waals surface area contributed by atoms with Crippen molar-refractivity contribution < 1.29 is 23.2 Å². The minimum atomic E-state index is -5.11. The first-order chi connectivity index (χ1) is 13.5. The van der Waals surface area contributed by atoms with Gasteiger partial charge in [0, 0.05) is 10.6 Å². The highest BCUT2D eigenvalue weighted by Crippen LogP contribution is 2.52. The summed E-state index contributed by atoms with van der Waals surface area (Å²) in [6.45, 7) is 0. The van der Waals surface area contributed by atoms with Gasteiger partial charge in [-0.25, -0.2) is 0 Å². The highest BCUT2D eigenvalue weighted by molar-refractivity contribution is 7.87. The minimum absolute atomic E-state index is 0.0475. The first-order valence-corrected chi connectivity index (χ1v) is 10.8. The summed E-state index contributed by atoms with van der Waals surface area (Å²) < 4.78 is 33.9. The molecule has 29 heavy (non-hydrogen) atoms. The van der Waals surface area contributed by atoms with Crippen LogP contribution in [0, 0.1) is 0 Å². The minimum Gasteiger partial charge on any atom is -0.508 e. The van der Waals surface area contributed by atoms with E-state index in [-0.39, 0.29) is 31.2 Å². The lowest BCUT2D eigenvalue weighted by atomic mass is 9.83. The smallest absolute Gasteiger partial charge is 0.283 e. The van der Waals surface area contributed by atoms with Gasteiger partial charge in [0.05, 0.1) is 15.1 Å². The van der Waals surface area contributed by atoms with Crippen molar-refractivity contribution in [2.45, 2.75) is 4.75 Å². The normalized spacial score (nSPS) is 13.8. The monoisotopic (exact) mass is 492 g/mol. The summed E-state index contributed by atoms with van der Waals surface area (Å²) >= 11 is 24.3. The third-order valence-electron chi connectivity index (χ3n) is 4.40. The highest BCUT2D eigenvalue weighted by Gasteiger charge is 2.52. The number of hydrogen-bond acceptors (Lipinski definition) is 4. The standard InChI is InChI=1S/C19H12Cl4O5S/c20-12-3-1-2-10(8-12)19(29(26,27)28,11-4-5-13(21)16(25)9-11)17-15(24)7-6-14(22)18(17)23/h1-9,24-25H,(H,26,27,28). The van der Waals surface area contributed by atoms with E-state index in [0.717, 1.165) is 12.1 Å². The molecule has 0 saturated carbocycles. The van der Waals surface area contributed by atoms with Crippen LogP contribution in [0.5, 0.6) is 11.5 Å². The lowest BCUT2D eigenvalue weighted by Gasteiger charge is -2.34. The van der Waals surface area contributed by atoms with E-state index in [1.165, 1.54) is 42.5 Å². The molecule has 1 atom stereocenters. The molecule has 0 aliphatic carbocycles. The van der Waals surface area contributed by atoms with Gasteiger partial charge in [-0.3, -0.25) is 4.55 Å². The Hall–Kier alpha value is -1.67. The molecule has 0 spiro atoms. The molecule has 10 heteroatoms. The Labute approximate surface area is 186 Å². The van der Waals surface area contributed by atoms with Crippen LogP contribution in [-0.2, 0) is 14.9 Å². The molecule has 0 amide bonds. The molecule has 3 aromatic rings. The van der Waals surface area contributed by atoms with Crippen molar-refractivity contribution >= 4 is 56.5 Å². The summed E-state index contributed by atoms with van der Waals surface area (Å²) in [4.78, 5) is 0. The molecule has 0 radical (unpaired) electrons. The maximum Gasteiger partial charge on any atom is 0.283 e. The van der Waals surface area contributed by atoms with Crippen molar-refractivity contribution in [2.75, 3.05) is 0 Å². The predicted octanol–water partition coefficient (Wildman–Crippen LogP) is 5.89. The van der Waals surface area contributed by atoms with Crippen molar-refractivity contribution in [3.63, 3.8) is 0 Å². The second-order valence-corrected chi connectivity index (χ2v) is 9.28. The maximum atomic E-state index is 13.0. The Kier molecular flexibility index (Phi) is 5.98. The third-order valence-corrected chi connectivity index (χ3v) is 7.20. The molecule has 0 fully saturated rings. The fraction of sp³-hybridized carbons (Fsp3) is 0.0526. The van der Waals surface area contributed by atoms with Crippen molar-refractivity contribution in [1.29, 1.82) is 0 Å². The van der Waals surface area contributed by atoms with Crippen LogP contribution in [0.25, 0.3) is 0 Å². The molecular weight excluding hydrogens is 482 g/mol. The fourth-order valence-electron chi connectivity index (χ4n) is 3.20. The number of hydrogen-bond donors (Lipinski definition) is 3. The number of benzene rings is 3. The lowest BCUT2D eigenvalue weighted by molar-refractivity contribution is 0.439. The quantitative estimate of drug-likeness (QED) is 0.311. The lowest BCUT2D eigenvalue weighted by Crippen LogP contribution is -2.38. The van der Waals surface area contributed by atoms with Gasteiger partial charge in [0.15, 0.2) is 4.75 Å². The van der Waals surface area contributed by atoms with Crippen LogP contribution >= 0.6 is 46.4 Å². The summed E-state index contributed by atoms with van der Waals surface area (Å²) in [5.41, 5.74) is -0.601. The largest absolute Gasteiger partial charge is 0.508 e. The molecule has 0 aromatic heterocycles. The summed E-state index contributed by atoms with van der Waals surface area (Å²) in [6.07, 6.45) is 0. The SMILES string of the molecule is O=S(=O)(O)C(c1cccc(Cl)c1)(c1ccc(Cl)c(O)c1)c1c(O)ccc(Cl)c1Cl. The van der Waals surface area contributed by atoms with Crippen LogP contribution < -0.4 is 0 Å². The first-order valence-electron chi connectivity index (χ1n) is 7.89. The number of phenols is 2. The first kappa shape index (κ1) is 22.0. The van der Waals surface area contributed by atoms with Crippen LogP contribution in [0.15, 0.2) is 54.6 Å². The summed E-state index contributed by atoms with van der Waals surface area (Å²) in [7, 11) is -5.11.